The summed E-state index contributed by atoms with van der Waals surface area (Å²) < 4.78 is 5.21. The summed E-state index contributed by atoms with van der Waals surface area (Å²) in [5, 5.41) is 0. The lowest BCUT2D eigenvalue weighted by Crippen LogP contribution is -2.13. The van der Waals surface area contributed by atoms with E-state index in [0.717, 1.165) is 0 Å². The van der Waals surface area contributed by atoms with Gasteiger partial charge in [-0.2, -0.15) is 0 Å². The number of methoxy groups -OCH3 is 1. The minimum atomic E-state index is -0.278. The van der Waals surface area contributed by atoms with Gasteiger partial charge in [0.1, 0.15) is 5.75 Å². The van der Waals surface area contributed by atoms with Crippen molar-refractivity contribution >= 4 is 17.3 Å². The predicted molar refractivity (Wildman–Crippen MR) is 77.3 cm³/mol. The molecule has 20 heavy (non-hydrogen) atoms. The summed E-state index contributed by atoms with van der Waals surface area (Å²) in [5.74, 6) is -0.195. The number of hydrogen-bond acceptors (Lipinski definition) is 4. The van der Waals surface area contributed by atoms with Gasteiger partial charge in [-0.05, 0) is 19.1 Å². The fraction of sp³-hybridized carbons (Fsp3) is 0.125. The molecule has 0 aliphatic carbocycles. The Kier molecular flexibility index (Phi) is 3.84. The number of benzene rings is 2. The Morgan fingerprint density at radius 3 is 2.20 bits per heavy atom. The van der Waals surface area contributed by atoms with Crippen LogP contribution in [0.2, 0.25) is 0 Å². The second kappa shape index (κ2) is 5.57. The quantitative estimate of drug-likeness (QED) is 0.684. The lowest BCUT2D eigenvalue weighted by atomic mass is 9.94. The molecule has 102 valence electrons. The number of ether oxygens (including phenoxy) is 1. The molecule has 0 aliphatic heterocycles. The minimum Gasteiger partial charge on any atom is -0.496 e. The topological polar surface area (TPSA) is 69.4 Å². The lowest BCUT2D eigenvalue weighted by molar-refractivity contribution is 0.0989. The van der Waals surface area contributed by atoms with Crippen molar-refractivity contribution in [2.75, 3.05) is 12.8 Å². The lowest BCUT2D eigenvalue weighted by Gasteiger charge is -2.13. The van der Waals surface area contributed by atoms with Gasteiger partial charge in [-0.15, -0.1) is 0 Å². The van der Waals surface area contributed by atoms with E-state index in [1.54, 1.807) is 36.4 Å². The maximum atomic E-state index is 12.6. The highest BCUT2D eigenvalue weighted by Crippen LogP contribution is 2.30. The van der Waals surface area contributed by atoms with E-state index in [1.165, 1.54) is 14.0 Å². The standard InChI is InChI=1S/C16H15NO3/c1-10(18)14-12(17)8-9-13(20-2)15(14)16(19)11-6-4-3-5-7-11/h3-9H,17H2,1-2H3. The van der Waals surface area contributed by atoms with Crippen molar-refractivity contribution in [3.63, 3.8) is 0 Å². The molecule has 2 aromatic rings. The molecule has 0 spiro atoms. The molecule has 0 aromatic heterocycles. The van der Waals surface area contributed by atoms with Crippen LogP contribution in [0.25, 0.3) is 0 Å². The molecule has 0 fully saturated rings. The van der Waals surface area contributed by atoms with Gasteiger partial charge >= 0.3 is 0 Å². The maximum absolute atomic E-state index is 12.6. The third kappa shape index (κ3) is 2.40. The molecule has 0 radical (unpaired) electrons. The van der Waals surface area contributed by atoms with Crippen LogP contribution in [0.15, 0.2) is 42.5 Å². The van der Waals surface area contributed by atoms with Crippen molar-refractivity contribution in [3.8, 4) is 5.75 Å². The Balaban J connectivity index is 2.69. The molecule has 2 N–H and O–H groups in total. The van der Waals surface area contributed by atoms with Gasteiger partial charge in [0.05, 0.1) is 18.2 Å². The number of carbonyl (C=O) groups excluding carboxylic acids is 2. The van der Waals surface area contributed by atoms with Crippen LogP contribution in [0, 0.1) is 0 Å². The molecule has 0 bridgehead atoms. The zero-order valence-corrected chi connectivity index (χ0v) is 11.3. The molecule has 0 saturated carbocycles. The number of rotatable bonds is 4. The summed E-state index contributed by atoms with van der Waals surface area (Å²) in [6.45, 7) is 1.38. The molecule has 0 heterocycles. The fourth-order valence-electron chi connectivity index (χ4n) is 2.11. The van der Waals surface area contributed by atoms with Gasteiger partial charge in [0, 0.05) is 11.3 Å². The first kappa shape index (κ1) is 13.8. The number of ketones is 2. The molecule has 0 aliphatic rings. The van der Waals surface area contributed by atoms with Crippen molar-refractivity contribution in [2.45, 2.75) is 6.92 Å². The van der Waals surface area contributed by atoms with Crippen molar-refractivity contribution in [1.29, 1.82) is 0 Å². The predicted octanol–water partition coefficient (Wildman–Crippen LogP) is 2.71. The first-order valence-corrected chi connectivity index (χ1v) is 6.13. The van der Waals surface area contributed by atoms with E-state index < -0.39 is 0 Å². The zero-order chi connectivity index (χ0) is 14.7. The van der Waals surface area contributed by atoms with E-state index in [0.29, 0.717) is 11.3 Å². The molecule has 0 amide bonds. The monoisotopic (exact) mass is 269 g/mol. The second-order valence-corrected chi connectivity index (χ2v) is 4.36. The van der Waals surface area contributed by atoms with Gasteiger partial charge in [-0.1, -0.05) is 30.3 Å². The van der Waals surface area contributed by atoms with E-state index in [9.17, 15) is 9.59 Å². The largest absolute Gasteiger partial charge is 0.496 e. The second-order valence-electron chi connectivity index (χ2n) is 4.36. The van der Waals surface area contributed by atoms with Gasteiger partial charge in [-0.25, -0.2) is 0 Å². The van der Waals surface area contributed by atoms with Crippen LogP contribution in [0.3, 0.4) is 0 Å². The summed E-state index contributed by atoms with van der Waals surface area (Å²) in [5.41, 5.74) is 7.01. The van der Waals surface area contributed by atoms with Crippen LogP contribution in [0.4, 0.5) is 5.69 Å². The van der Waals surface area contributed by atoms with Crippen molar-refractivity contribution in [3.05, 3.63) is 59.2 Å². The average molecular weight is 269 g/mol. The van der Waals surface area contributed by atoms with E-state index in [-0.39, 0.29) is 28.4 Å². The van der Waals surface area contributed by atoms with Crippen LogP contribution in [0.5, 0.6) is 5.75 Å². The molecule has 0 saturated heterocycles. The van der Waals surface area contributed by atoms with Crippen molar-refractivity contribution in [2.24, 2.45) is 0 Å². The van der Waals surface area contributed by atoms with Gasteiger partial charge in [0.25, 0.3) is 0 Å². The van der Waals surface area contributed by atoms with E-state index in [4.69, 9.17) is 10.5 Å². The van der Waals surface area contributed by atoms with Gasteiger partial charge in [-0.3, -0.25) is 9.59 Å². The van der Waals surface area contributed by atoms with Crippen LogP contribution in [0.1, 0.15) is 33.2 Å². The molecule has 4 nitrogen and oxygen atoms in total. The first-order valence-electron chi connectivity index (χ1n) is 6.13. The molecule has 4 heteroatoms. The van der Waals surface area contributed by atoms with E-state index in [1.807, 2.05) is 6.07 Å². The number of nitrogen functional groups attached to an aromatic ring is 1. The SMILES string of the molecule is COc1ccc(N)c(C(C)=O)c1C(=O)c1ccccc1. The number of Topliss-reactive ketones (excluding diaryl/α,β-unsaturated/α-hetero) is 1. The summed E-state index contributed by atoms with van der Waals surface area (Å²) in [4.78, 5) is 24.4. The Bertz CT molecular complexity index is 663. The van der Waals surface area contributed by atoms with Gasteiger partial charge in [0.15, 0.2) is 11.6 Å². The Morgan fingerprint density at radius 1 is 1.00 bits per heavy atom. The van der Waals surface area contributed by atoms with Crippen LogP contribution in [-0.2, 0) is 0 Å². The first-order chi connectivity index (χ1) is 9.56. The highest BCUT2D eigenvalue weighted by atomic mass is 16.5. The normalized spacial score (nSPS) is 10.1. The summed E-state index contributed by atoms with van der Waals surface area (Å²) in [7, 11) is 1.46. The summed E-state index contributed by atoms with van der Waals surface area (Å²) >= 11 is 0. The van der Waals surface area contributed by atoms with Crippen molar-refractivity contribution in [1.82, 2.24) is 0 Å². The molecule has 0 atom stereocenters. The number of hydrogen-bond donors (Lipinski definition) is 1. The molecular formula is C16H15NO3. The van der Waals surface area contributed by atoms with Crippen LogP contribution >= 0.6 is 0 Å². The minimum absolute atomic E-state index is 0.207. The number of anilines is 1. The average Bonchev–Trinajstić information content (AvgIpc) is 2.46. The molecule has 2 rings (SSSR count). The third-order valence-electron chi connectivity index (χ3n) is 3.03. The van der Waals surface area contributed by atoms with E-state index in [2.05, 4.69) is 0 Å². The third-order valence-corrected chi connectivity index (χ3v) is 3.03. The smallest absolute Gasteiger partial charge is 0.197 e. The number of nitrogens with two attached hydrogens (primary N) is 1. The van der Waals surface area contributed by atoms with Crippen LogP contribution in [-0.4, -0.2) is 18.7 Å². The molecule has 0 unspecified atom stereocenters. The van der Waals surface area contributed by atoms with Crippen molar-refractivity contribution < 1.29 is 14.3 Å². The van der Waals surface area contributed by atoms with Crippen LogP contribution < -0.4 is 10.5 Å². The summed E-state index contributed by atoms with van der Waals surface area (Å²) in [6, 6.07) is 11.9. The number of carbonyl (C=O) groups is 2. The fourth-order valence-corrected chi connectivity index (χ4v) is 2.11. The Hall–Kier alpha value is -2.62. The Morgan fingerprint density at radius 2 is 1.65 bits per heavy atom. The highest BCUT2D eigenvalue weighted by Gasteiger charge is 2.23. The van der Waals surface area contributed by atoms with E-state index >= 15 is 0 Å². The Labute approximate surface area is 117 Å². The maximum Gasteiger partial charge on any atom is 0.197 e. The van der Waals surface area contributed by atoms with Gasteiger partial charge < -0.3 is 10.5 Å². The zero-order valence-electron chi connectivity index (χ0n) is 11.3. The van der Waals surface area contributed by atoms with Gasteiger partial charge in [0.2, 0.25) is 0 Å². The molecular weight excluding hydrogens is 254 g/mol. The molecule has 2 aromatic carbocycles. The highest BCUT2D eigenvalue weighted by molar-refractivity contribution is 6.18. The summed E-state index contributed by atoms with van der Waals surface area (Å²) in [6.07, 6.45) is 0.